The fourth-order valence-corrected chi connectivity index (χ4v) is 2.66. The van der Waals surface area contributed by atoms with Gasteiger partial charge < -0.3 is 0 Å². The number of nitrogens with zero attached hydrogens (tertiary/aromatic N) is 2. The topological polar surface area (TPSA) is 12.4 Å². The molecule has 2 unspecified atom stereocenters. The van der Waals surface area contributed by atoms with Crippen LogP contribution in [0.4, 0.5) is 0 Å². The summed E-state index contributed by atoms with van der Waals surface area (Å²) < 4.78 is 0.944. The molecule has 2 heteroatoms. The largest absolute Gasteiger partial charge is 0.251 e. The van der Waals surface area contributed by atoms with E-state index in [0.717, 1.165) is 17.4 Å². The van der Waals surface area contributed by atoms with Crippen molar-refractivity contribution in [2.24, 2.45) is 10.9 Å². The molecule has 0 amide bonds. The van der Waals surface area contributed by atoms with Crippen LogP contribution in [0.1, 0.15) is 53.9 Å². The Hall–Kier alpha value is -0.630. The molecule has 1 aliphatic heterocycles. The predicted molar refractivity (Wildman–Crippen MR) is 71.2 cm³/mol. The highest BCUT2D eigenvalue weighted by molar-refractivity contribution is 5.79. The van der Waals surface area contributed by atoms with Crippen LogP contribution < -0.4 is 0 Å². The van der Waals surface area contributed by atoms with Crippen molar-refractivity contribution in [3.05, 3.63) is 11.4 Å². The van der Waals surface area contributed by atoms with Crippen LogP contribution in [0, 0.1) is 5.92 Å². The van der Waals surface area contributed by atoms with Crippen molar-refractivity contribution in [1.82, 2.24) is 0 Å². The summed E-state index contributed by atoms with van der Waals surface area (Å²) in [5.41, 5.74) is 2.81. The van der Waals surface area contributed by atoms with E-state index < -0.39 is 0 Å². The summed E-state index contributed by atoms with van der Waals surface area (Å²) in [6.45, 7) is 12.4. The van der Waals surface area contributed by atoms with Crippen molar-refractivity contribution in [2.75, 3.05) is 13.6 Å². The Morgan fingerprint density at radius 1 is 1.25 bits per heavy atom. The lowest BCUT2D eigenvalue weighted by Crippen LogP contribution is -2.45. The third-order valence-corrected chi connectivity index (χ3v) is 4.07. The van der Waals surface area contributed by atoms with Gasteiger partial charge in [0, 0.05) is 19.3 Å². The van der Waals surface area contributed by atoms with Crippen LogP contribution in [-0.4, -0.2) is 23.9 Å². The first-order valence-electron chi connectivity index (χ1n) is 6.66. The van der Waals surface area contributed by atoms with Crippen molar-refractivity contribution in [3.63, 3.8) is 0 Å². The van der Waals surface area contributed by atoms with E-state index >= 15 is 0 Å². The Kier molecular flexibility index (Phi) is 4.31. The minimum Gasteiger partial charge on any atom is -0.251 e. The van der Waals surface area contributed by atoms with Gasteiger partial charge in [-0.25, -0.2) is 0 Å². The van der Waals surface area contributed by atoms with Gasteiger partial charge in [-0.05, 0) is 13.3 Å². The fourth-order valence-electron chi connectivity index (χ4n) is 2.66. The van der Waals surface area contributed by atoms with Gasteiger partial charge in [-0.2, -0.15) is 4.99 Å². The molecule has 92 valence electrons. The van der Waals surface area contributed by atoms with Gasteiger partial charge in [-0.3, -0.25) is 4.48 Å². The van der Waals surface area contributed by atoms with E-state index in [1.165, 1.54) is 30.1 Å². The molecule has 0 fully saturated rings. The number of amidine groups is 1. The normalized spacial score (nSPS) is 27.2. The summed E-state index contributed by atoms with van der Waals surface area (Å²) in [6.07, 6.45) is 3.55. The van der Waals surface area contributed by atoms with Crippen LogP contribution in [0.3, 0.4) is 0 Å². The van der Waals surface area contributed by atoms with E-state index in [4.69, 9.17) is 4.99 Å². The number of allylic oxidation sites excluding steroid dienone is 2. The number of hydrogen-bond acceptors (Lipinski definition) is 1. The highest BCUT2D eigenvalue weighted by Crippen LogP contribution is 2.34. The molecule has 0 N–H and O–H groups in total. The first-order valence-corrected chi connectivity index (χ1v) is 6.66. The molecule has 1 rings (SSSR count). The van der Waals surface area contributed by atoms with Crippen molar-refractivity contribution in [2.45, 2.75) is 53.9 Å². The molecule has 1 heterocycles. The number of quaternary nitrogens is 1. The number of aliphatic imine (C=N–C) groups is 1. The lowest BCUT2D eigenvalue weighted by Gasteiger charge is -2.29. The van der Waals surface area contributed by atoms with Crippen molar-refractivity contribution in [1.29, 1.82) is 0 Å². The van der Waals surface area contributed by atoms with Crippen LogP contribution in [0.25, 0.3) is 0 Å². The third-order valence-electron chi connectivity index (χ3n) is 4.07. The van der Waals surface area contributed by atoms with Crippen LogP contribution in [0.15, 0.2) is 16.4 Å². The molecule has 2 nitrogen and oxygen atoms in total. The summed E-state index contributed by atoms with van der Waals surface area (Å²) in [7, 11) is 2.29. The highest BCUT2D eigenvalue weighted by atomic mass is 15.4. The summed E-state index contributed by atoms with van der Waals surface area (Å²) in [4.78, 5) is 4.90. The Morgan fingerprint density at radius 2 is 1.88 bits per heavy atom. The molecule has 0 aliphatic carbocycles. The lowest BCUT2D eigenvalue weighted by molar-refractivity contribution is -0.777. The van der Waals surface area contributed by atoms with Gasteiger partial charge in [-0.1, -0.05) is 27.2 Å². The maximum atomic E-state index is 4.90. The van der Waals surface area contributed by atoms with Crippen molar-refractivity contribution >= 4 is 5.84 Å². The molecule has 0 radical (unpaired) electrons. The number of rotatable bonds is 5. The van der Waals surface area contributed by atoms with Crippen molar-refractivity contribution in [3.8, 4) is 0 Å². The third kappa shape index (κ3) is 2.08. The van der Waals surface area contributed by atoms with Gasteiger partial charge in [0.05, 0.1) is 13.6 Å². The zero-order valence-electron chi connectivity index (χ0n) is 11.8. The average molecular weight is 223 g/mol. The molecular weight excluding hydrogens is 196 g/mol. The maximum absolute atomic E-state index is 4.90. The Morgan fingerprint density at radius 3 is 2.25 bits per heavy atom. The van der Waals surface area contributed by atoms with E-state index in [9.17, 15) is 0 Å². The molecule has 0 aromatic heterocycles. The first-order chi connectivity index (χ1) is 7.51. The van der Waals surface area contributed by atoms with Crippen LogP contribution in [0.2, 0.25) is 0 Å². The fraction of sp³-hybridized carbons (Fsp3) is 0.786. The lowest BCUT2D eigenvalue weighted by atomic mass is 10.0. The van der Waals surface area contributed by atoms with Crippen LogP contribution >= 0.6 is 0 Å². The molecular formula is C14H27N2+. The smallest absolute Gasteiger partial charge is 0.207 e. The van der Waals surface area contributed by atoms with Gasteiger partial charge in [0.15, 0.2) is 0 Å². The minimum absolute atomic E-state index is 0.609. The van der Waals surface area contributed by atoms with Gasteiger partial charge in [-0.15, -0.1) is 0 Å². The predicted octanol–water partition coefficient (Wildman–Crippen LogP) is 3.94. The van der Waals surface area contributed by atoms with Crippen LogP contribution in [-0.2, 0) is 0 Å². The average Bonchev–Trinajstić information content (AvgIpc) is 2.53. The molecule has 16 heavy (non-hydrogen) atoms. The van der Waals surface area contributed by atoms with Gasteiger partial charge in [0.2, 0.25) is 5.84 Å². The highest BCUT2D eigenvalue weighted by Gasteiger charge is 2.38. The molecule has 0 bridgehead atoms. The van der Waals surface area contributed by atoms with E-state index in [1.54, 1.807) is 0 Å². The molecule has 0 spiro atoms. The Balaban J connectivity index is 3.05. The van der Waals surface area contributed by atoms with Crippen LogP contribution in [0.5, 0.6) is 0 Å². The molecule has 0 aromatic rings. The maximum Gasteiger partial charge on any atom is 0.207 e. The second kappa shape index (κ2) is 5.13. The van der Waals surface area contributed by atoms with Crippen molar-refractivity contribution < 1.29 is 4.48 Å². The van der Waals surface area contributed by atoms with Gasteiger partial charge in [0.1, 0.15) is 11.4 Å². The second-order valence-electron chi connectivity index (χ2n) is 5.05. The quantitative estimate of drug-likeness (QED) is 0.626. The molecule has 0 aromatic carbocycles. The monoisotopic (exact) mass is 223 g/mol. The summed E-state index contributed by atoms with van der Waals surface area (Å²) in [5, 5.41) is 0. The number of hydrogen-bond donors (Lipinski definition) is 0. The standard InChI is InChI=1S/C14H27N2/c1-7-10-11(4)14-12(5)16(6,9-3)13(8-2)15-14/h11H,7-10H2,1-6H3/q+1. The Labute approximate surface area is 101 Å². The zero-order valence-corrected chi connectivity index (χ0v) is 11.8. The second-order valence-corrected chi connectivity index (χ2v) is 5.05. The molecule has 0 saturated carbocycles. The summed E-state index contributed by atoms with van der Waals surface area (Å²) in [5.74, 6) is 1.94. The van der Waals surface area contributed by atoms with E-state index in [2.05, 4.69) is 41.7 Å². The molecule has 1 aliphatic rings. The minimum atomic E-state index is 0.609. The van der Waals surface area contributed by atoms with E-state index in [-0.39, 0.29) is 0 Å². The summed E-state index contributed by atoms with van der Waals surface area (Å²) in [6, 6.07) is 0. The van der Waals surface area contributed by atoms with Gasteiger partial charge >= 0.3 is 0 Å². The zero-order chi connectivity index (χ0) is 12.3. The molecule has 2 atom stereocenters. The van der Waals surface area contributed by atoms with Gasteiger partial charge in [0.25, 0.3) is 0 Å². The first kappa shape index (κ1) is 13.4. The Bertz CT molecular complexity index is 315. The SMILES string of the molecule is CCCC(C)C1=C(C)[N+](C)(CC)C(CC)=N1. The molecule has 0 saturated heterocycles. The van der Waals surface area contributed by atoms with E-state index in [0.29, 0.717) is 5.92 Å². The van der Waals surface area contributed by atoms with E-state index in [1.807, 2.05) is 0 Å². The summed E-state index contributed by atoms with van der Waals surface area (Å²) >= 11 is 0.